The third-order valence-corrected chi connectivity index (χ3v) is 2.19. The van der Waals surface area contributed by atoms with E-state index in [1.165, 1.54) is 0 Å². The first-order chi connectivity index (χ1) is 6.74. The van der Waals surface area contributed by atoms with Gasteiger partial charge in [-0.2, -0.15) is 0 Å². The quantitative estimate of drug-likeness (QED) is 0.727. The SMILES string of the molecule is COCCCC(N)c1cncc(C)c1. The van der Waals surface area contributed by atoms with E-state index in [-0.39, 0.29) is 6.04 Å². The van der Waals surface area contributed by atoms with Crippen molar-refractivity contribution >= 4 is 0 Å². The van der Waals surface area contributed by atoms with Crippen LogP contribution >= 0.6 is 0 Å². The number of pyridine rings is 1. The topological polar surface area (TPSA) is 48.1 Å². The van der Waals surface area contributed by atoms with Crippen LogP contribution in [-0.2, 0) is 4.74 Å². The Morgan fingerprint density at radius 1 is 1.50 bits per heavy atom. The molecule has 1 unspecified atom stereocenters. The van der Waals surface area contributed by atoms with E-state index in [4.69, 9.17) is 10.5 Å². The van der Waals surface area contributed by atoms with Crippen LogP contribution in [-0.4, -0.2) is 18.7 Å². The molecule has 78 valence electrons. The van der Waals surface area contributed by atoms with Gasteiger partial charge in [-0.1, -0.05) is 6.07 Å². The van der Waals surface area contributed by atoms with Gasteiger partial charge in [0.05, 0.1) is 0 Å². The van der Waals surface area contributed by atoms with Crippen LogP contribution in [0.5, 0.6) is 0 Å². The molecule has 2 N–H and O–H groups in total. The lowest BCUT2D eigenvalue weighted by Gasteiger charge is -2.11. The molecule has 3 nitrogen and oxygen atoms in total. The molecule has 0 spiro atoms. The van der Waals surface area contributed by atoms with Gasteiger partial charge in [0.15, 0.2) is 0 Å². The lowest BCUT2D eigenvalue weighted by atomic mass is 10.0. The number of hydrogen-bond donors (Lipinski definition) is 1. The van der Waals surface area contributed by atoms with Crippen LogP contribution in [0.4, 0.5) is 0 Å². The summed E-state index contributed by atoms with van der Waals surface area (Å²) in [5.41, 5.74) is 8.28. The van der Waals surface area contributed by atoms with Crippen LogP contribution in [0, 0.1) is 6.92 Å². The van der Waals surface area contributed by atoms with Gasteiger partial charge in [0.1, 0.15) is 0 Å². The zero-order valence-electron chi connectivity index (χ0n) is 8.86. The molecule has 1 aromatic rings. The lowest BCUT2D eigenvalue weighted by Crippen LogP contribution is -2.11. The van der Waals surface area contributed by atoms with Crippen molar-refractivity contribution in [2.24, 2.45) is 5.73 Å². The van der Waals surface area contributed by atoms with Gasteiger partial charge in [-0.05, 0) is 30.9 Å². The van der Waals surface area contributed by atoms with Gasteiger partial charge in [-0.15, -0.1) is 0 Å². The predicted octanol–water partition coefficient (Wildman–Crippen LogP) is 1.82. The molecular weight excluding hydrogens is 176 g/mol. The molecule has 0 aliphatic carbocycles. The third-order valence-electron chi connectivity index (χ3n) is 2.19. The zero-order valence-corrected chi connectivity index (χ0v) is 8.86. The van der Waals surface area contributed by atoms with Gasteiger partial charge in [0, 0.05) is 32.2 Å². The summed E-state index contributed by atoms with van der Waals surface area (Å²) in [6.45, 7) is 2.80. The molecule has 1 atom stereocenters. The number of ether oxygens (including phenoxy) is 1. The Labute approximate surface area is 85.3 Å². The fraction of sp³-hybridized carbons (Fsp3) is 0.545. The summed E-state index contributed by atoms with van der Waals surface area (Å²) < 4.78 is 4.98. The van der Waals surface area contributed by atoms with E-state index in [1.807, 2.05) is 19.3 Å². The van der Waals surface area contributed by atoms with Crippen LogP contribution in [0.25, 0.3) is 0 Å². The highest BCUT2D eigenvalue weighted by Gasteiger charge is 2.05. The van der Waals surface area contributed by atoms with Gasteiger partial charge < -0.3 is 10.5 Å². The minimum Gasteiger partial charge on any atom is -0.385 e. The Morgan fingerprint density at radius 2 is 2.29 bits per heavy atom. The molecule has 0 bridgehead atoms. The Kier molecular flexibility index (Phi) is 4.56. The Morgan fingerprint density at radius 3 is 2.93 bits per heavy atom. The van der Waals surface area contributed by atoms with E-state index >= 15 is 0 Å². The highest BCUT2D eigenvalue weighted by molar-refractivity contribution is 5.19. The number of nitrogens with two attached hydrogens (primary N) is 1. The first kappa shape index (κ1) is 11.1. The summed E-state index contributed by atoms with van der Waals surface area (Å²) in [6, 6.07) is 2.17. The average Bonchev–Trinajstić information content (AvgIpc) is 2.18. The van der Waals surface area contributed by atoms with E-state index in [1.54, 1.807) is 7.11 Å². The number of nitrogens with zero attached hydrogens (tertiary/aromatic N) is 1. The summed E-state index contributed by atoms with van der Waals surface area (Å²) in [4.78, 5) is 4.12. The van der Waals surface area contributed by atoms with Gasteiger partial charge in [0.2, 0.25) is 0 Å². The number of rotatable bonds is 5. The maximum atomic E-state index is 6.01. The van der Waals surface area contributed by atoms with E-state index < -0.39 is 0 Å². The molecule has 0 aliphatic heterocycles. The molecule has 1 heterocycles. The minimum atomic E-state index is 0.0811. The van der Waals surface area contributed by atoms with Crippen molar-refractivity contribution in [2.75, 3.05) is 13.7 Å². The lowest BCUT2D eigenvalue weighted by molar-refractivity contribution is 0.190. The van der Waals surface area contributed by atoms with Crippen LogP contribution < -0.4 is 5.73 Å². The summed E-state index contributed by atoms with van der Waals surface area (Å²) in [6.07, 6.45) is 5.61. The predicted molar refractivity (Wildman–Crippen MR) is 57.0 cm³/mol. The van der Waals surface area contributed by atoms with Crippen molar-refractivity contribution < 1.29 is 4.74 Å². The molecule has 1 rings (SSSR count). The molecule has 3 heteroatoms. The van der Waals surface area contributed by atoms with E-state index in [0.717, 1.165) is 30.6 Å². The first-order valence-corrected chi connectivity index (χ1v) is 4.90. The van der Waals surface area contributed by atoms with Crippen molar-refractivity contribution in [2.45, 2.75) is 25.8 Å². The van der Waals surface area contributed by atoms with Gasteiger partial charge in [0.25, 0.3) is 0 Å². The second-order valence-corrected chi connectivity index (χ2v) is 3.54. The van der Waals surface area contributed by atoms with Crippen molar-refractivity contribution in [3.63, 3.8) is 0 Å². The van der Waals surface area contributed by atoms with Crippen LogP contribution in [0.2, 0.25) is 0 Å². The molecule has 0 fully saturated rings. The van der Waals surface area contributed by atoms with E-state index in [9.17, 15) is 0 Å². The molecule has 0 amide bonds. The summed E-state index contributed by atoms with van der Waals surface area (Å²) >= 11 is 0. The number of aromatic nitrogens is 1. The fourth-order valence-corrected chi connectivity index (χ4v) is 1.40. The average molecular weight is 194 g/mol. The second-order valence-electron chi connectivity index (χ2n) is 3.54. The van der Waals surface area contributed by atoms with Crippen LogP contribution in [0.15, 0.2) is 18.5 Å². The number of methoxy groups -OCH3 is 1. The second kappa shape index (κ2) is 5.73. The maximum Gasteiger partial charge on any atom is 0.0462 e. The van der Waals surface area contributed by atoms with Crippen molar-refractivity contribution in [1.29, 1.82) is 0 Å². The minimum absolute atomic E-state index is 0.0811. The monoisotopic (exact) mass is 194 g/mol. The molecular formula is C11H18N2O. The third kappa shape index (κ3) is 3.44. The summed E-state index contributed by atoms with van der Waals surface area (Å²) in [5.74, 6) is 0. The largest absolute Gasteiger partial charge is 0.385 e. The number of hydrogen-bond acceptors (Lipinski definition) is 3. The molecule has 0 aliphatic rings. The zero-order chi connectivity index (χ0) is 10.4. The maximum absolute atomic E-state index is 6.01. The smallest absolute Gasteiger partial charge is 0.0462 e. The molecule has 0 aromatic carbocycles. The Hall–Kier alpha value is -0.930. The summed E-state index contributed by atoms with van der Waals surface area (Å²) in [7, 11) is 1.71. The van der Waals surface area contributed by atoms with Crippen molar-refractivity contribution in [1.82, 2.24) is 4.98 Å². The van der Waals surface area contributed by atoms with Gasteiger partial charge >= 0.3 is 0 Å². The highest BCUT2D eigenvalue weighted by atomic mass is 16.5. The van der Waals surface area contributed by atoms with Gasteiger partial charge in [-0.25, -0.2) is 0 Å². The van der Waals surface area contributed by atoms with Crippen molar-refractivity contribution in [3.8, 4) is 0 Å². The normalized spacial score (nSPS) is 12.8. The number of aryl methyl sites for hydroxylation is 1. The Bertz CT molecular complexity index is 276. The first-order valence-electron chi connectivity index (χ1n) is 4.90. The molecule has 0 radical (unpaired) electrons. The van der Waals surface area contributed by atoms with Crippen LogP contribution in [0.3, 0.4) is 0 Å². The fourth-order valence-electron chi connectivity index (χ4n) is 1.40. The van der Waals surface area contributed by atoms with E-state index in [0.29, 0.717) is 0 Å². The summed E-state index contributed by atoms with van der Waals surface area (Å²) in [5, 5.41) is 0. The highest BCUT2D eigenvalue weighted by Crippen LogP contribution is 2.15. The van der Waals surface area contributed by atoms with Crippen molar-refractivity contribution in [3.05, 3.63) is 29.6 Å². The Balaban J connectivity index is 2.47. The van der Waals surface area contributed by atoms with Crippen LogP contribution in [0.1, 0.15) is 30.0 Å². The van der Waals surface area contributed by atoms with E-state index in [2.05, 4.69) is 11.1 Å². The molecule has 14 heavy (non-hydrogen) atoms. The van der Waals surface area contributed by atoms with Gasteiger partial charge in [-0.3, -0.25) is 4.98 Å². The molecule has 0 saturated heterocycles. The molecule has 1 aromatic heterocycles. The molecule has 0 saturated carbocycles. The standard InChI is InChI=1S/C11H18N2O/c1-9-6-10(8-13-7-9)11(12)4-3-5-14-2/h6-8,11H,3-5,12H2,1-2H3.